The molecule has 0 spiro atoms. The third-order valence-electron chi connectivity index (χ3n) is 3.96. The Labute approximate surface area is 163 Å². The van der Waals surface area contributed by atoms with Crippen LogP contribution in [0.5, 0.6) is 0 Å². The first-order valence-electron chi connectivity index (χ1n) is 8.44. The quantitative estimate of drug-likeness (QED) is 0.531. The van der Waals surface area contributed by atoms with Gasteiger partial charge in [0.15, 0.2) is 0 Å². The summed E-state index contributed by atoms with van der Waals surface area (Å²) in [5.41, 5.74) is 1.16. The second-order valence-corrected chi connectivity index (χ2v) is 6.92. The monoisotopic (exact) mass is 398 g/mol. The molecule has 0 saturated heterocycles. The van der Waals surface area contributed by atoms with Crippen molar-refractivity contribution < 1.29 is 18.1 Å². The Morgan fingerprint density at radius 2 is 2.04 bits per heavy atom. The summed E-state index contributed by atoms with van der Waals surface area (Å²) < 4.78 is 23.8. The number of thiophene rings is 1. The molecule has 0 aliphatic carbocycles. The van der Waals surface area contributed by atoms with Crippen molar-refractivity contribution in [2.45, 2.75) is 19.9 Å². The Hall–Kier alpha value is -3.33. The molecule has 0 radical (unpaired) electrons. The van der Waals surface area contributed by atoms with Crippen molar-refractivity contribution >= 4 is 17.2 Å². The van der Waals surface area contributed by atoms with E-state index in [0.29, 0.717) is 34.6 Å². The normalized spacial score (nSPS) is 10.9. The van der Waals surface area contributed by atoms with Gasteiger partial charge in [-0.05, 0) is 42.6 Å². The second kappa shape index (κ2) is 7.73. The van der Waals surface area contributed by atoms with E-state index in [-0.39, 0.29) is 24.7 Å². The molecule has 0 aliphatic rings. The van der Waals surface area contributed by atoms with E-state index in [1.165, 1.54) is 23.5 Å². The number of aromatic nitrogens is 3. The molecular weight excluding hydrogens is 383 g/mol. The number of nitrogens with one attached hydrogen (secondary N) is 1. The summed E-state index contributed by atoms with van der Waals surface area (Å²) in [5, 5.41) is 8.55. The van der Waals surface area contributed by atoms with Gasteiger partial charge < -0.3 is 14.3 Å². The fourth-order valence-corrected chi connectivity index (χ4v) is 3.18. The van der Waals surface area contributed by atoms with Crippen LogP contribution in [0.25, 0.3) is 22.2 Å². The topological polar surface area (TPSA) is 94.1 Å². The maximum atomic E-state index is 13.0. The van der Waals surface area contributed by atoms with Crippen LogP contribution in [-0.4, -0.2) is 21.0 Å². The lowest BCUT2D eigenvalue weighted by molar-refractivity contribution is -0.120. The van der Waals surface area contributed by atoms with Crippen molar-refractivity contribution in [2.24, 2.45) is 0 Å². The van der Waals surface area contributed by atoms with Crippen LogP contribution in [-0.2, 0) is 17.8 Å². The second-order valence-electron chi connectivity index (χ2n) is 5.97. The van der Waals surface area contributed by atoms with Crippen molar-refractivity contribution in [1.82, 2.24) is 20.4 Å². The van der Waals surface area contributed by atoms with Crippen LogP contribution < -0.4 is 5.32 Å². The van der Waals surface area contributed by atoms with Crippen LogP contribution in [0.1, 0.15) is 17.3 Å². The SMILES string of the molecule is Cc1oc(-c2ccc(F)cc2)nc1CC(=O)NCc1nc(-c2cccs2)no1. The van der Waals surface area contributed by atoms with E-state index < -0.39 is 0 Å². The molecule has 4 aromatic rings. The lowest BCUT2D eigenvalue weighted by Crippen LogP contribution is -2.25. The summed E-state index contributed by atoms with van der Waals surface area (Å²) in [5.74, 6) is 1.11. The van der Waals surface area contributed by atoms with Crippen LogP contribution in [0.15, 0.2) is 50.7 Å². The molecule has 4 rings (SSSR count). The van der Waals surface area contributed by atoms with E-state index in [4.69, 9.17) is 8.94 Å². The first-order chi connectivity index (χ1) is 13.6. The van der Waals surface area contributed by atoms with Gasteiger partial charge in [0.2, 0.25) is 23.5 Å². The molecular formula is C19H15FN4O3S. The van der Waals surface area contributed by atoms with E-state index in [1.807, 2.05) is 17.5 Å². The van der Waals surface area contributed by atoms with Crippen molar-refractivity contribution in [1.29, 1.82) is 0 Å². The lowest BCUT2D eigenvalue weighted by Gasteiger charge is -2.00. The average Bonchev–Trinajstić information content (AvgIpc) is 3.42. The van der Waals surface area contributed by atoms with Gasteiger partial charge in [0.05, 0.1) is 23.5 Å². The van der Waals surface area contributed by atoms with Gasteiger partial charge in [0, 0.05) is 5.56 Å². The molecule has 28 heavy (non-hydrogen) atoms. The van der Waals surface area contributed by atoms with Crippen LogP contribution in [0.3, 0.4) is 0 Å². The third kappa shape index (κ3) is 3.99. The van der Waals surface area contributed by atoms with Crippen LogP contribution in [0, 0.1) is 12.7 Å². The molecule has 0 bridgehead atoms. The van der Waals surface area contributed by atoms with Crippen molar-refractivity contribution in [3.05, 3.63) is 64.9 Å². The van der Waals surface area contributed by atoms with Crippen LogP contribution >= 0.6 is 11.3 Å². The zero-order valence-electron chi connectivity index (χ0n) is 14.8. The van der Waals surface area contributed by atoms with Gasteiger partial charge in [0.25, 0.3) is 0 Å². The number of benzene rings is 1. The minimum absolute atomic E-state index is 0.0441. The maximum absolute atomic E-state index is 13.0. The molecule has 0 unspecified atom stereocenters. The van der Waals surface area contributed by atoms with Crippen molar-refractivity contribution in [2.75, 3.05) is 0 Å². The van der Waals surface area contributed by atoms with Crippen LogP contribution in [0.2, 0.25) is 0 Å². The summed E-state index contributed by atoms with van der Waals surface area (Å²) in [4.78, 5) is 21.7. The van der Waals surface area contributed by atoms with Gasteiger partial charge in [-0.25, -0.2) is 9.37 Å². The Balaban J connectivity index is 1.37. The molecule has 1 N–H and O–H groups in total. The zero-order chi connectivity index (χ0) is 19.5. The van der Waals surface area contributed by atoms with Gasteiger partial charge in [0.1, 0.15) is 11.6 Å². The fraction of sp³-hybridized carbons (Fsp3) is 0.158. The zero-order valence-corrected chi connectivity index (χ0v) is 15.6. The molecule has 3 aromatic heterocycles. The van der Waals surface area contributed by atoms with Crippen molar-refractivity contribution in [3.8, 4) is 22.2 Å². The Morgan fingerprint density at radius 1 is 1.21 bits per heavy atom. The summed E-state index contributed by atoms with van der Waals surface area (Å²) in [6, 6.07) is 9.60. The van der Waals surface area contributed by atoms with Gasteiger partial charge in [-0.1, -0.05) is 11.2 Å². The summed E-state index contributed by atoms with van der Waals surface area (Å²) >= 11 is 1.51. The molecule has 1 amide bonds. The number of oxazole rings is 1. The first kappa shape index (κ1) is 18.1. The summed E-state index contributed by atoms with van der Waals surface area (Å²) in [6.07, 6.45) is 0.0441. The van der Waals surface area contributed by atoms with Gasteiger partial charge in [-0.15, -0.1) is 11.3 Å². The molecule has 142 valence electrons. The number of amides is 1. The van der Waals surface area contributed by atoms with Gasteiger partial charge in [-0.3, -0.25) is 4.79 Å². The Bertz CT molecular complexity index is 1090. The largest absolute Gasteiger partial charge is 0.441 e. The highest BCUT2D eigenvalue weighted by Crippen LogP contribution is 2.23. The number of hydrogen-bond acceptors (Lipinski definition) is 7. The van der Waals surface area contributed by atoms with E-state index in [0.717, 1.165) is 4.88 Å². The van der Waals surface area contributed by atoms with Gasteiger partial charge in [-0.2, -0.15) is 4.98 Å². The molecule has 9 heteroatoms. The number of nitrogens with zero attached hydrogens (tertiary/aromatic N) is 3. The minimum atomic E-state index is -0.338. The number of carbonyl (C=O) groups excluding carboxylic acids is 1. The summed E-state index contributed by atoms with van der Waals surface area (Å²) in [7, 11) is 0. The minimum Gasteiger partial charge on any atom is -0.441 e. The lowest BCUT2D eigenvalue weighted by atomic mass is 10.2. The maximum Gasteiger partial charge on any atom is 0.246 e. The number of carbonyl (C=O) groups is 1. The highest BCUT2D eigenvalue weighted by atomic mass is 32.1. The molecule has 1 aromatic carbocycles. The van der Waals surface area contributed by atoms with E-state index in [9.17, 15) is 9.18 Å². The van der Waals surface area contributed by atoms with E-state index in [1.54, 1.807) is 19.1 Å². The fourth-order valence-electron chi connectivity index (χ4n) is 2.53. The average molecular weight is 398 g/mol. The first-order valence-corrected chi connectivity index (χ1v) is 9.32. The Kier molecular flexibility index (Phi) is 4.98. The predicted octanol–water partition coefficient (Wildman–Crippen LogP) is 3.76. The molecule has 0 aliphatic heterocycles. The van der Waals surface area contributed by atoms with Crippen LogP contribution in [0.4, 0.5) is 4.39 Å². The smallest absolute Gasteiger partial charge is 0.246 e. The molecule has 7 nitrogen and oxygen atoms in total. The number of aryl methyl sites for hydroxylation is 1. The predicted molar refractivity (Wildman–Crippen MR) is 99.8 cm³/mol. The summed E-state index contributed by atoms with van der Waals surface area (Å²) in [6.45, 7) is 1.85. The molecule has 0 saturated carbocycles. The van der Waals surface area contributed by atoms with Crippen molar-refractivity contribution in [3.63, 3.8) is 0 Å². The third-order valence-corrected chi connectivity index (χ3v) is 4.82. The number of rotatable bonds is 6. The standard InChI is InChI=1S/C19H15FN4O3S/c1-11-14(22-19(26-11)12-4-6-13(20)7-5-12)9-16(25)21-10-17-23-18(24-27-17)15-3-2-8-28-15/h2-8H,9-10H2,1H3,(H,21,25). The molecule has 0 fully saturated rings. The highest BCUT2D eigenvalue weighted by molar-refractivity contribution is 7.13. The number of hydrogen-bond donors (Lipinski definition) is 1. The Morgan fingerprint density at radius 3 is 2.79 bits per heavy atom. The van der Waals surface area contributed by atoms with Gasteiger partial charge >= 0.3 is 0 Å². The van der Waals surface area contributed by atoms with E-state index >= 15 is 0 Å². The number of halogens is 1. The molecule has 0 atom stereocenters. The van der Waals surface area contributed by atoms with E-state index in [2.05, 4.69) is 20.4 Å². The highest BCUT2D eigenvalue weighted by Gasteiger charge is 2.16. The molecule has 3 heterocycles.